The summed E-state index contributed by atoms with van der Waals surface area (Å²) in [4.78, 5) is 0. The molecule has 0 saturated carbocycles. The van der Waals surface area contributed by atoms with Crippen molar-refractivity contribution in [3.05, 3.63) is 29.3 Å². The van der Waals surface area contributed by atoms with Crippen LogP contribution in [-0.2, 0) is 6.42 Å². The topological polar surface area (TPSA) is 35.2 Å². The molecule has 0 aliphatic heterocycles. The molecule has 0 aliphatic carbocycles. The zero-order valence-corrected chi connectivity index (χ0v) is 8.50. The van der Waals surface area contributed by atoms with Crippen molar-refractivity contribution in [1.29, 1.82) is 0 Å². The monoisotopic (exact) mass is 179 g/mol. The van der Waals surface area contributed by atoms with Crippen LogP contribution >= 0.6 is 0 Å². The molecule has 2 N–H and O–H groups in total. The van der Waals surface area contributed by atoms with Gasteiger partial charge in [-0.25, -0.2) is 0 Å². The van der Waals surface area contributed by atoms with Crippen LogP contribution < -0.4 is 10.5 Å². The van der Waals surface area contributed by atoms with Crippen LogP contribution in [0.25, 0.3) is 0 Å². The van der Waals surface area contributed by atoms with Crippen molar-refractivity contribution in [1.82, 2.24) is 0 Å². The van der Waals surface area contributed by atoms with E-state index in [1.165, 1.54) is 11.1 Å². The summed E-state index contributed by atoms with van der Waals surface area (Å²) >= 11 is 0. The molecule has 0 bridgehead atoms. The highest BCUT2D eigenvalue weighted by Gasteiger charge is 2.06. The summed E-state index contributed by atoms with van der Waals surface area (Å²) in [5.74, 6) is 0.972. The number of nitrogens with two attached hydrogens (primary N) is 1. The number of benzene rings is 1. The van der Waals surface area contributed by atoms with Crippen molar-refractivity contribution >= 4 is 0 Å². The Kier molecular flexibility index (Phi) is 3.32. The number of ether oxygens (including phenoxy) is 1. The van der Waals surface area contributed by atoms with Gasteiger partial charge in [0.05, 0.1) is 7.11 Å². The van der Waals surface area contributed by atoms with Gasteiger partial charge in [-0.3, -0.25) is 0 Å². The van der Waals surface area contributed by atoms with Gasteiger partial charge in [-0.2, -0.15) is 0 Å². The Morgan fingerprint density at radius 1 is 1.46 bits per heavy atom. The highest BCUT2D eigenvalue weighted by molar-refractivity contribution is 5.41. The zero-order valence-electron chi connectivity index (χ0n) is 8.50. The highest BCUT2D eigenvalue weighted by Crippen LogP contribution is 2.23. The Balaban J connectivity index is 2.98. The predicted molar refractivity (Wildman–Crippen MR) is 55.1 cm³/mol. The molecular weight excluding hydrogens is 162 g/mol. The second-order valence-electron chi connectivity index (χ2n) is 3.45. The first-order valence-electron chi connectivity index (χ1n) is 4.53. The summed E-state index contributed by atoms with van der Waals surface area (Å²) in [6, 6.07) is 6.32. The molecule has 2 nitrogen and oxygen atoms in total. The molecule has 0 spiro atoms. The van der Waals surface area contributed by atoms with Crippen molar-refractivity contribution in [2.45, 2.75) is 26.3 Å². The quantitative estimate of drug-likeness (QED) is 0.769. The molecule has 13 heavy (non-hydrogen) atoms. The summed E-state index contributed by atoms with van der Waals surface area (Å²) in [6.07, 6.45) is 0.866. The first-order valence-corrected chi connectivity index (χ1v) is 4.53. The Hall–Kier alpha value is -1.02. The van der Waals surface area contributed by atoms with Gasteiger partial charge in [0.15, 0.2) is 0 Å². The predicted octanol–water partition coefficient (Wildman–Crippen LogP) is 1.89. The van der Waals surface area contributed by atoms with Crippen molar-refractivity contribution in [3.8, 4) is 5.75 Å². The first kappa shape index (κ1) is 10.1. The molecule has 1 rings (SSSR count). The van der Waals surface area contributed by atoms with E-state index >= 15 is 0 Å². The van der Waals surface area contributed by atoms with E-state index in [0.717, 1.165) is 12.2 Å². The lowest BCUT2D eigenvalue weighted by Crippen LogP contribution is -2.18. The second-order valence-corrected chi connectivity index (χ2v) is 3.45. The number of aryl methyl sites for hydroxylation is 1. The van der Waals surface area contributed by atoms with Gasteiger partial charge < -0.3 is 10.5 Å². The van der Waals surface area contributed by atoms with E-state index in [9.17, 15) is 0 Å². The minimum Gasteiger partial charge on any atom is -0.496 e. The minimum absolute atomic E-state index is 0.177. The SMILES string of the molecule is COc1c(C)cccc1CC(C)N. The average molecular weight is 179 g/mol. The van der Waals surface area contributed by atoms with E-state index in [4.69, 9.17) is 10.5 Å². The molecule has 0 saturated heterocycles. The van der Waals surface area contributed by atoms with Crippen LogP contribution in [0.2, 0.25) is 0 Å². The van der Waals surface area contributed by atoms with Crippen molar-refractivity contribution in [2.24, 2.45) is 5.73 Å². The van der Waals surface area contributed by atoms with Gasteiger partial charge in [-0.15, -0.1) is 0 Å². The molecule has 72 valence electrons. The van der Waals surface area contributed by atoms with Crippen LogP contribution in [0.5, 0.6) is 5.75 Å². The van der Waals surface area contributed by atoms with Crippen molar-refractivity contribution in [2.75, 3.05) is 7.11 Å². The van der Waals surface area contributed by atoms with Gasteiger partial charge in [0.1, 0.15) is 5.75 Å². The second kappa shape index (κ2) is 4.28. The Bertz CT molecular complexity index is 281. The van der Waals surface area contributed by atoms with Crippen LogP contribution in [0.15, 0.2) is 18.2 Å². The van der Waals surface area contributed by atoms with Gasteiger partial charge >= 0.3 is 0 Å². The molecule has 1 aromatic carbocycles. The lowest BCUT2D eigenvalue weighted by atomic mass is 10.0. The van der Waals surface area contributed by atoms with Crippen molar-refractivity contribution in [3.63, 3.8) is 0 Å². The van der Waals surface area contributed by atoms with Gasteiger partial charge in [0.2, 0.25) is 0 Å². The Morgan fingerprint density at radius 2 is 2.15 bits per heavy atom. The number of para-hydroxylation sites is 1. The third kappa shape index (κ3) is 2.46. The van der Waals surface area contributed by atoms with Crippen LogP contribution in [0, 0.1) is 6.92 Å². The number of rotatable bonds is 3. The lowest BCUT2D eigenvalue weighted by Gasteiger charge is -2.12. The molecule has 1 unspecified atom stereocenters. The van der Waals surface area contributed by atoms with E-state index in [1.807, 2.05) is 26.0 Å². The standard InChI is InChI=1S/C11H17NO/c1-8-5-4-6-10(7-9(2)12)11(8)13-3/h4-6,9H,7,12H2,1-3H3. The molecule has 0 aliphatic rings. The van der Waals surface area contributed by atoms with Gasteiger partial charge in [0.25, 0.3) is 0 Å². The van der Waals surface area contributed by atoms with Crippen LogP contribution in [0.3, 0.4) is 0 Å². The fraction of sp³-hybridized carbons (Fsp3) is 0.455. The summed E-state index contributed by atoms with van der Waals surface area (Å²) in [6.45, 7) is 4.05. The third-order valence-corrected chi connectivity index (χ3v) is 2.04. The van der Waals surface area contributed by atoms with Gasteiger partial charge in [-0.05, 0) is 31.4 Å². The van der Waals surface area contributed by atoms with Crippen molar-refractivity contribution < 1.29 is 4.74 Å². The zero-order chi connectivity index (χ0) is 9.84. The summed E-state index contributed by atoms with van der Waals surface area (Å²) < 4.78 is 5.32. The molecule has 0 radical (unpaired) electrons. The molecule has 2 heteroatoms. The summed E-state index contributed by atoms with van der Waals surface area (Å²) in [7, 11) is 1.70. The van der Waals surface area contributed by atoms with Crippen LogP contribution in [0.1, 0.15) is 18.1 Å². The number of hydrogen-bond donors (Lipinski definition) is 1. The maximum absolute atomic E-state index is 5.74. The molecule has 0 aromatic heterocycles. The van der Waals surface area contributed by atoms with E-state index in [-0.39, 0.29) is 6.04 Å². The highest BCUT2D eigenvalue weighted by atomic mass is 16.5. The maximum atomic E-state index is 5.74. The Morgan fingerprint density at radius 3 is 2.69 bits per heavy atom. The summed E-state index contributed by atoms with van der Waals surface area (Å²) in [5.41, 5.74) is 8.10. The number of methoxy groups -OCH3 is 1. The van der Waals surface area contributed by atoms with E-state index in [2.05, 4.69) is 6.07 Å². The lowest BCUT2D eigenvalue weighted by molar-refractivity contribution is 0.405. The summed E-state index contributed by atoms with van der Waals surface area (Å²) in [5, 5.41) is 0. The largest absolute Gasteiger partial charge is 0.496 e. The Labute approximate surface area is 79.7 Å². The maximum Gasteiger partial charge on any atom is 0.125 e. The van der Waals surface area contributed by atoms with Gasteiger partial charge in [0, 0.05) is 6.04 Å². The van der Waals surface area contributed by atoms with Crippen LogP contribution in [-0.4, -0.2) is 13.2 Å². The molecule has 0 amide bonds. The molecule has 1 atom stereocenters. The van der Waals surface area contributed by atoms with E-state index in [0.29, 0.717) is 0 Å². The minimum atomic E-state index is 0.177. The fourth-order valence-electron chi connectivity index (χ4n) is 1.51. The van der Waals surface area contributed by atoms with E-state index < -0.39 is 0 Å². The van der Waals surface area contributed by atoms with Gasteiger partial charge in [-0.1, -0.05) is 18.2 Å². The molecular formula is C11H17NO. The fourth-order valence-corrected chi connectivity index (χ4v) is 1.51. The molecule has 0 fully saturated rings. The van der Waals surface area contributed by atoms with Crippen LogP contribution in [0.4, 0.5) is 0 Å². The molecule has 0 heterocycles. The number of hydrogen-bond acceptors (Lipinski definition) is 2. The van der Waals surface area contributed by atoms with E-state index in [1.54, 1.807) is 7.11 Å². The third-order valence-electron chi connectivity index (χ3n) is 2.04. The average Bonchev–Trinajstić information content (AvgIpc) is 2.03. The first-order chi connectivity index (χ1) is 6.15. The normalized spacial score (nSPS) is 12.6. The smallest absolute Gasteiger partial charge is 0.125 e. The molecule has 1 aromatic rings.